The molecular weight excluding hydrogens is 344 g/mol. The van der Waals surface area contributed by atoms with E-state index in [9.17, 15) is 13.6 Å². The molecule has 4 nitrogen and oxygen atoms in total. The molecule has 0 atom stereocenters. The van der Waals surface area contributed by atoms with Gasteiger partial charge in [-0.25, -0.2) is 13.8 Å². The van der Waals surface area contributed by atoms with Crippen molar-refractivity contribution in [3.05, 3.63) is 44.8 Å². The fourth-order valence-corrected chi connectivity index (χ4v) is 3.20. The SMILES string of the molecule is C/C=c1/nc(N/N=C2/Cc3cc(F)c(F)cc3C2=O)s/c1=C/C.CC. The summed E-state index contributed by atoms with van der Waals surface area (Å²) in [6.07, 6.45) is 3.99. The van der Waals surface area contributed by atoms with Crippen LogP contribution in [0.5, 0.6) is 0 Å². The summed E-state index contributed by atoms with van der Waals surface area (Å²) in [7, 11) is 0. The van der Waals surface area contributed by atoms with Crippen LogP contribution in [0, 0.1) is 11.6 Å². The molecule has 0 bridgehead atoms. The van der Waals surface area contributed by atoms with Gasteiger partial charge in [-0.3, -0.25) is 10.2 Å². The number of fused-ring (bicyclic) bond motifs is 1. The minimum absolute atomic E-state index is 0.161. The van der Waals surface area contributed by atoms with Crippen molar-refractivity contribution in [1.82, 2.24) is 4.98 Å². The van der Waals surface area contributed by atoms with Crippen molar-refractivity contribution < 1.29 is 13.6 Å². The van der Waals surface area contributed by atoms with Gasteiger partial charge in [-0.2, -0.15) is 5.10 Å². The number of Topliss-reactive ketones (excluding diaryl/α,β-unsaturated/α-hetero) is 1. The Balaban J connectivity index is 0.00000109. The molecular formula is C18H19F2N3OS. The summed E-state index contributed by atoms with van der Waals surface area (Å²) in [4.78, 5) is 16.5. The van der Waals surface area contributed by atoms with Crippen LogP contribution in [0.25, 0.3) is 12.2 Å². The van der Waals surface area contributed by atoms with E-state index in [0.717, 1.165) is 22.0 Å². The van der Waals surface area contributed by atoms with E-state index >= 15 is 0 Å². The lowest BCUT2D eigenvalue weighted by molar-refractivity contribution is 0.106. The van der Waals surface area contributed by atoms with E-state index in [0.29, 0.717) is 10.7 Å². The number of thiazole rings is 1. The Bertz CT molecular complexity index is 916. The number of hydrogen-bond acceptors (Lipinski definition) is 5. The minimum Gasteiger partial charge on any atom is -0.287 e. The molecule has 1 aromatic heterocycles. The van der Waals surface area contributed by atoms with Gasteiger partial charge in [0.2, 0.25) is 10.9 Å². The summed E-state index contributed by atoms with van der Waals surface area (Å²) in [6.45, 7) is 7.80. The van der Waals surface area contributed by atoms with Crippen LogP contribution in [-0.4, -0.2) is 16.5 Å². The highest BCUT2D eigenvalue weighted by atomic mass is 32.1. The van der Waals surface area contributed by atoms with Gasteiger partial charge in [0, 0.05) is 12.0 Å². The molecule has 1 aliphatic carbocycles. The van der Waals surface area contributed by atoms with Crippen LogP contribution in [-0.2, 0) is 6.42 Å². The van der Waals surface area contributed by atoms with E-state index in [1.54, 1.807) is 0 Å². The topological polar surface area (TPSA) is 54.4 Å². The molecule has 0 spiro atoms. The van der Waals surface area contributed by atoms with Crippen molar-refractivity contribution in [1.29, 1.82) is 0 Å². The first kappa shape index (κ1) is 18.9. The highest BCUT2D eigenvalue weighted by Gasteiger charge is 2.28. The van der Waals surface area contributed by atoms with Gasteiger partial charge in [0.1, 0.15) is 5.71 Å². The molecule has 0 aliphatic heterocycles. The van der Waals surface area contributed by atoms with Gasteiger partial charge in [-0.05, 0) is 31.5 Å². The third-order valence-electron chi connectivity index (χ3n) is 3.51. The van der Waals surface area contributed by atoms with Gasteiger partial charge in [0.25, 0.3) is 0 Å². The fraction of sp³-hybridized carbons (Fsp3) is 0.278. The summed E-state index contributed by atoms with van der Waals surface area (Å²) in [5, 5.41) is 5.46. The van der Waals surface area contributed by atoms with Gasteiger partial charge in [-0.1, -0.05) is 37.3 Å². The Labute approximate surface area is 148 Å². The van der Waals surface area contributed by atoms with E-state index < -0.39 is 17.4 Å². The molecule has 0 radical (unpaired) electrons. The molecule has 0 unspecified atom stereocenters. The quantitative estimate of drug-likeness (QED) is 0.834. The summed E-state index contributed by atoms with van der Waals surface area (Å²) >= 11 is 1.41. The van der Waals surface area contributed by atoms with Crippen molar-refractivity contribution in [3.63, 3.8) is 0 Å². The molecule has 7 heteroatoms. The van der Waals surface area contributed by atoms with Gasteiger partial charge in [0.15, 0.2) is 11.6 Å². The van der Waals surface area contributed by atoms with E-state index in [1.165, 1.54) is 11.3 Å². The number of carbonyl (C=O) groups excluding carboxylic acids is 1. The maximum atomic E-state index is 13.3. The van der Waals surface area contributed by atoms with Gasteiger partial charge >= 0.3 is 0 Å². The number of carbonyl (C=O) groups is 1. The third-order valence-corrected chi connectivity index (χ3v) is 4.55. The standard InChI is InChI=1S/C16H13F2N3OS.C2H6/c1-3-12-14(4-2)23-16(19-12)21-20-13-6-8-5-10(17)11(18)7-9(8)15(13)22;1-2/h3-5,7H,6H2,1-2H3,(H,19,21);1-2H3/b12-3+,14-4+,20-13-;. The zero-order valence-electron chi connectivity index (χ0n) is 14.5. The van der Waals surface area contributed by atoms with E-state index in [-0.39, 0.29) is 17.7 Å². The second-order valence-electron chi connectivity index (χ2n) is 4.95. The second kappa shape index (κ2) is 8.11. The van der Waals surface area contributed by atoms with Gasteiger partial charge in [0.05, 0.1) is 9.88 Å². The Kier molecular flexibility index (Phi) is 6.14. The molecule has 3 rings (SSSR count). The lowest BCUT2D eigenvalue weighted by atomic mass is 10.1. The largest absolute Gasteiger partial charge is 0.287 e. The Morgan fingerprint density at radius 3 is 2.48 bits per heavy atom. The number of rotatable bonds is 2. The fourth-order valence-electron chi connectivity index (χ4n) is 2.37. The number of benzene rings is 1. The number of halogens is 2. The second-order valence-corrected chi connectivity index (χ2v) is 5.98. The predicted octanol–water partition coefficient (Wildman–Crippen LogP) is 3.26. The Morgan fingerprint density at radius 1 is 1.20 bits per heavy atom. The van der Waals surface area contributed by atoms with E-state index in [4.69, 9.17) is 0 Å². The predicted molar refractivity (Wildman–Crippen MR) is 98.4 cm³/mol. The molecule has 0 fully saturated rings. The highest BCUT2D eigenvalue weighted by Crippen LogP contribution is 2.23. The maximum absolute atomic E-state index is 13.3. The van der Waals surface area contributed by atoms with Crippen LogP contribution in [0.15, 0.2) is 17.2 Å². The number of nitrogens with zero attached hydrogens (tertiary/aromatic N) is 2. The van der Waals surface area contributed by atoms with Gasteiger partial charge in [-0.15, -0.1) is 0 Å². The van der Waals surface area contributed by atoms with Crippen LogP contribution < -0.4 is 15.3 Å². The number of hydrazone groups is 1. The lowest BCUT2D eigenvalue weighted by Gasteiger charge is -1.97. The molecule has 1 heterocycles. The first-order chi connectivity index (χ1) is 12.0. The summed E-state index contributed by atoms with van der Waals surface area (Å²) < 4.78 is 27.5. The molecule has 2 aromatic rings. The normalized spacial score (nSPS) is 16.1. The molecule has 25 heavy (non-hydrogen) atoms. The molecule has 1 N–H and O–H groups in total. The van der Waals surface area contributed by atoms with Crippen LogP contribution >= 0.6 is 11.3 Å². The minimum atomic E-state index is -1.03. The van der Waals surface area contributed by atoms with Crippen molar-refractivity contribution in [2.24, 2.45) is 5.10 Å². The number of hydrogen-bond donors (Lipinski definition) is 1. The molecule has 1 aliphatic rings. The van der Waals surface area contributed by atoms with E-state index in [1.807, 2.05) is 39.8 Å². The average molecular weight is 363 g/mol. The van der Waals surface area contributed by atoms with Crippen molar-refractivity contribution in [3.8, 4) is 0 Å². The molecule has 0 saturated carbocycles. The van der Waals surface area contributed by atoms with E-state index in [2.05, 4.69) is 15.5 Å². The summed E-state index contributed by atoms with van der Waals surface area (Å²) in [5.41, 5.74) is 3.57. The Morgan fingerprint density at radius 2 is 1.88 bits per heavy atom. The lowest BCUT2D eigenvalue weighted by Crippen LogP contribution is -2.19. The molecule has 0 amide bonds. The van der Waals surface area contributed by atoms with Crippen molar-refractivity contribution in [2.75, 3.05) is 5.43 Å². The van der Waals surface area contributed by atoms with Crippen molar-refractivity contribution >= 4 is 40.1 Å². The van der Waals surface area contributed by atoms with Gasteiger partial charge < -0.3 is 0 Å². The third kappa shape index (κ3) is 3.82. The molecule has 132 valence electrons. The zero-order chi connectivity index (χ0) is 18.6. The number of anilines is 1. The highest BCUT2D eigenvalue weighted by molar-refractivity contribution is 7.13. The monoisotopic (exact) mass is 363 g/mol. The first-order valence-electron chi connectivity index (χ1n) is 7.98. The van der Waals surface area contributed by atoms with Crippen LogP contribution in [0.3, 0.4) is 0 Å². The maximum Gasteiger partial charge on any atom is 0.209 e. The first-order valence-corrected chi connectivity index (χ1v) is 8.80. The molecule has 1 aromatic carbocycles. The van der Waals surface area contributed by atoms with Crippen LogP contribution in [0.4, 0.5) is 13.9 Å². The van der Waals surface area contributed by atoms with Crippen LogP contribution in [0.2, 0.25) is 0 Å². The van der Waals surface area contributed by atoms with Crippen molar-refractivity contribution in [2.45, 2.75) is 34.1 Å². The number of nitrogens with one attached hydrogen (secondary N) is 1. The summed E-state index contributed by atoms with van der Waals surface area (Å²) in [5.74, 6) is -2.39. The number of ketones is 1. The smallest absolute Gasteiger partial charge is 0.209 e. The molecule has 0 saturated heterocycles. The summed E-state index contributed by atoms with van der Waals surface area (Å²) in [6, 6.07) is 1.97. The Hall–Kier alpha value is -2.41. The zero-order valence-corrected chi connectivity index (χ0v) is 15.3. The van der Waals surface area contributed by atoms with Crippen LogP contribution in [0.1, 0.15) is 43.6 Å². The average Bonchev–Trinajstić information content (AvgIpc) is 3.17. The number of aromatic nitrogens is 1.